The van der Waals surface area contributed by atoms with Crippen LogP contribution in [0.15, 0.2) is 125 Å². The van der Waals surface area contributed by atoms with E-state index in [1.165, 1.54) is 12.2 Å². The van der Waals surface area contributed by atoms with E-state index < -0.39 is 43.1 Å². The van der Waals surface area contributed by atoms with E-state index in [0.717, 1.165) is 49.6 Å². The van der Waals surface area contributed by atoms with Gasteiger partial charge in [-0.05, 0) is 91.9 Å². The SMILES string of the molecule is C=C(C)C(=O)OCCC[Si](C)(C)O[Si](C)(C)O[Si](C)(C)CCCOC(=O)C(=C)C.C=CCOC(=O)C(=C)C.C=CCOC(=O)C=C.C=COC(=O)C(=C)C.C=COC(=O)C=C. The Hall–Kier alpha value is -5.21. The summed E-state index contributed by atoms with van der Waals surface area (Å²) in [7, 11) is -6.17. The van der Waals surface area contributed by atoms with Gasteiger partial charge in [-0.1, -0.05) is 77.9 Å². The number of carbonyl (C=O) groups is 6. The van der Waals surface area contributed by atoms with Crippen molar-refractivity contribution >= 4 is 61.0 Å². The van der Waals surface area contributed by atoms with Crippen LogP contribution in [0.5, 0.6) is 0 Å². The van der Waals surface area contributed by atoms with Gasteiger partial charge in [-0.3, -0.25) is 0 Å². The molecule has 0 aromatic carbocycles. The standard InChI is InChI=1S/C20H40O6Si3.C7H10O2.2C6H8O2.C5H6O2/c1-17(2)19(21)23-13-11-15-27(5,6)25-29(9,10)26-28(7,8)16-12-14-24-20(22)18(3)4;1-4-5-9-7(8)6(2)3;1-4-8-6(7)5(2)3;1-3-5-8-6(7)4-2;1-3-5(6)7-4-2/h1,3,11-16H2,2,4-10H3;4H,1-2,5H2,3H3;4H,1-2H2,3H3;3-4H,1-2,5H2;3-4H,1-2H2. The van der Waals surface area contributed by atoms with Crippen molar-refractivity contribution in [3.8, 4) is 0 Å². The molecule has 0 aromatic rings. The topological polar surface area (TPSA) is 176 Å². The number of esters is 6. The maximum atomic E-state index is 11.4. The highest BCUT2D eigenvalue weighted by atomic mass is 28.5. The van der Waals surface area contributed by atoms with Crippen molar-refractivity contribution in [2.75, 3.05) is 26.4 Å². The van der Waals surface area contributed by atoms with E-state index in [1.54, 1.807) is 27.7 Å². The molecule has 344 valence electrons. The van der Waals surface area contributed by atoms with E-state index in [9.17, 15) is 28.8 Å². The molecule has 0 spiro atoms. The summed E-state index contributed by atoms with van der Waals surface area (Å²) in [5.74, 6) is -2.37. The van der Waals surface area contributed by atoms with Crippen LogP contribution < -0.4 is 0 Å². The summed E-state index contributed by atoms with van der Waals surface area (Å²) in [5.41, 5.74) is 1.63. The fourth-order valence-electron chi connectivity index (χ4n) is 3.79. The molecule has 0 atom stereocenters. The van der Waals surface area contributed by atoms with E-state index in [0.29, 0.717) is 35.5 Å². The first-order valence-corrected chi connectivity index (χ1v) is 27.9. The average molecular weight is 909 g/mol. The molecule has 0 rings (SSSR count). The number of carbonyl (C=O) groups excluding carboxylic acids is 6. The fraction of sp³-hybridized carbons (Fsp3) is 0.409. The molecule has 0 heterocycles. The monoisotopic (exact) mass is 908 g/mol. The zero-order chi connectivity index (χ0) is 48.8. The highest BCUT2D eigenvalue weighted by Crippen LogP contribution is 2.26. The molecule has 0 aromatic heterocycles. The third-order valence-electron chi connectivity index (χ3n) is 6.15. The number of ether oxygens (including phenoxy) is 6. The van der Waals surface area contributed by atoms with Gasteiger partial charge in [-0.2, -0.15) is 0 Å². The average Bonchev–Trinajstić information content (AvgIpc) is 3.16. The summed E-state index contributed by atoms with van der Waals surface area (Å²) >= 11 is 0. The van der Waals surface area contributed by atoms with Crippen molar-refractivity contribution in [2.45, 2.75) is 91.9 Å². The molecule has 0 amide bonds. The van der Waals surface area contributed by atoms with Crippen molar-refractivity contribution < 1.29 is 65.4 Å². The minimum atomic E-state index is -2.29. The molecule has 0 aliphatic carbocycles. The molecular weight excluding hydrogens is 837 g/mol. The summed E-state index contributed by atoms with van der Waals surface area (Å²) in [4.78, 5) is 64.0. The first-order valence-electron chi connectivity index (χ1n) is 18.9. The van der Waals surface area contributed by atoms with Crippen LogP contribution in [0.25, 0.3) is 0 Å². The highest BCUT2D eigenvalue weighted by molar-refractivity contribution is 6.87. The van der Waals surface area contributed by atoms with Gasteiger partial charge in [0, 0.05) is 34.4 Å². The minimum Gasteiger partial charge on any atom is -0.462 e. The highest BCUT2D eigenvalue weighted by Gasteiger charge is 2.39. The van der Waals surface area contributed by atoms with Crippen molar-refractivity contribution in [3.05, 3.63) is 125 Å². The number of hydrogen-bond donors (Lipinski definition) is 0. The van der Waals surface area contributed by atoms with Crippen LogP contribution in [0, 0.1) is 0 Å². The first-order chi connectivity index (χ1) is 28.0. The number of rotatable bonds is 24. The molecule has 0 radical (unpaired) electrons. The van der Waals surface area contributed by atoms with E-state index in [-0.39, 0.29) is 31.1 Å². The van der Waals surface area contributed by atoms with Crippen LogP contribution in [-0.2, 0) is 65.4 Å². The minimum absolute atomic E-state index is 0.255. The Balaban J connectivity index is -0.000000262. The van der Waals surface area contributed by atoms with E-state index in [2.05, 4.69) is 124 Å². The van der Waals surface area contributed by atoms with Crippen molar-refractivity contribution in [2.24, 2.45) is 0 Å². The van der Waals surface area contributed by atoms with Gasteiger partial charge < -0.3 is 36.7 Å². The van der Waals surface area contributed by atoms with Gasteiger partial charge >= 0.3 is 44.4 Å². The lowest BCUT2D eigenvalue weighted by atomic mass is 10.4. The fourth-order valence-corrected chi connectivity index (χ4v) is 17.8. The van der Waals surface area contributed by atoms with Crippen LogP contribution >= 0.6 is 0 Å². The molecule has 14 nitrogen and oxygen atoms in total. The van der Waals surface area contributed by atoms with E-state index in [1.807, 2.05) is 0 Å². The molecule has 0 saturated carbocycles. The molecule has 0 aliphatic heterocycles. The Morgan fingerprint density at radius 3 is 1.05 bits per heavy atom. The Labute approximate surface area is 368 Å². The largest absolute Gasteiger partial charge is 0.462 e. The lowest BCUT2D eigenvalue weighted by Gasteiger charge is -2.38. The Bertz CT molecular complexity index is 1470. The molecule has 0 aliphatic rings. The maximum absolute atomic E-state index is 11.4. The number of hydrogen-bond acceptors (Lipinski definition) is 14. The van der Waals surface area contributed by atoms with Gasteiger partial charge in [-0.25, -0.2) is 28.8 Å². The lowest BCUT2D eigenvalue weighted by molar-refractivity contribution is -0.139. The lowest BCUT2D eigenvalue weighted by Crippen LogP contribution is -2.52. The first kappa shape index (κ1) is 64.9. The van der Waals surface area contributed by atoms with Crippen molar-refractivity contribution in [3.63, 3.8) is 0 Å². The molecule has 0 saturated heterocycles. The molecule has 0 unspecified atom stereocenters. The van der Waals surface area contributed by atoms with Crippen LogP contribution in [-0.4, -0.2) is 87.4 Å². The molecule has 0 N–H and O–H groups in total. The predicted molar refractivity (Wildman–Crippen MR) is 250 cm³/mol. The van der Waals surface area contributed by atoms with Gasteiger partial charge in [0.2, 0.25) is 0 Å². The summed E-state index contributed by atoms with van der Waals surface area (Å²) in [5, 5.41) is 0. The van der Waals surface area contributed by atoms with E-state index >= 15 is 0 Å². The zero-order valence-electron chi connectivity index (χ0n) is 38.4. The third-order valence-corrected chi connectivity index (χ3v) is 17.6. The quantitative estimate of drug-likeness (QED) is 0.0170. The van der Waals surface area contributed by atoms with Crippen LogP contribution in [0.2, 0.25) is 51.4 Å². The van der Waals surface area contributed by atoms with Gasteiger partial charge in [0.25, 0.3) is 0 Å². The molecular formula is C44H72O14Si3. The predicted octanol–water partition coefficient (Wildman–Crippen LogP) is 9.45. The molecule has 17 heteroatoms. The zero-order valence-corrected chi connectivity index (χ0v) is 41.4. The van der Waals surface area contributed by atoms with Gasteiger partial charge in [0.15, 0.2) is 16.6 Å². The summed E-state index contributed by atoms with van der Waals surface area (Å²) in [6, 6.07) is 1.80. The third kappa shape index (κ3) is 47.3. The molecule has 61 heavy (non-hydrogen) atoms. The Morgan fingerprint density at radius 1 is 0.459 bits per heavy atom. The van der Waals surface area contributed by atoms with E-state index in [4.69, 9.17) is 17.7 Å². The van der Waals surface area contributed by atoms with Crippen molar-refractivity contribution in [1.82, 2.24) is 0 Å². The summed E-state index contributed by atoms with van der Waals surface area (Å²) in [6.45, 7) is 54.0. The smallest absolute Gasteiger partial charge is 0.337 e. The molecule has 0 fully saturated rings. The van der Waals surface area contributed by atoms with Crippen LogP contribution in [0.3, 0.4) is 0 Å². The normalized spacial score (nSPS) is 9.87. The second-order valence-corrected chi connectivity index (χ2v) is 26.6. The van der Waals surface area contributed by atoms with Gasteiger partial charge in [0.05, 0.1) is 25.7 Å². The second-order valence-electron chi connectivity index (χ2n) is 14.1. The van der Waals surface area contributed by atoms with Crippen LogP contribution in [0.4, 0.5) is 0 Å². The Kier molecular flexibility index (Phi) is 40.2. The summed E-state index contributed by atoms with van der Waals surface area (Å²) in [6.07, 6.45) is 8.89. The molecule has 0 bridgehead atoms. The maximum Gasteiger partial charge on any atom is 0.337 e. The van der Waals surface area contributed by atoms with Gasteiger partial charge in [-0.15, -0.1) is 0 Å². The van der Waals surface area contributed by atoms with Gasteiger partial charge in [0.1, 0.15) is 13.2 Å². The summed E-state index contributed by atoms with van der Waals surface area (Å²) < 4.78 is 41.0. The van der Waals surface area contributed by atoms with Crippen LogP contribution in [0.1, 0.15) is 40.5 Å². The Morgan fingerprint density at radius 2 is 0.787 bits per heavy atom. The van der Waals surface area contributed by atoms with Crippen molar-refractivity contribution in [1.29, 1.82) is 0 Å². The second kappa shape index (κ2) is 37.8.